The smallest absolute Gasteiger partial charge is 0.234 e. The minimum Gasteiger partial charge on any atom is -0.371 e. The molecule has 0 aromatic heterocycles. The van der Waals surface area contributed by atoms with E-state index in [1.165, 1.54) is 0 Å². The van der Waals surface area contributed by atoms with Crippen LogP contribution in [0, 0.1) is 5.92 Å². The highest BCUT2D eigenvalue weighted by atomic mass is 16.2. The van der Waals surface area contributed by atoms with E-state index in [1.807, 2.05) is 24.3 Å². The number of imide groups is 1. The van der Waals surface area contributed by atoms with Gasteiger partial charge in [-0.2, -0.15) is 0 Å². The number of carbonyl (C=O) groups excluding carboxylic acids is 3. The van der Waals surface area contributed by atoms with E-state index in [2.05, 4.69) is 10.2 Å². The Bertz CT molecular complexity index is 591. The molecule has 3 rings (SSSR count). The number of anilines is 1. The molecule has 1 atom stereocenters. The van der Waals surface area contributed by atoms with E-state index in [9.17, 15) is 14.4 Å². The van der Waals surface area contributed by atoms with Crippen molar-refractivity contribution in [2.75, 3.05) is 18.0 Å². The van der Waals surface area contributed by atoms with Gasteiger partial charge in [-0.1, -0.05) is 12.1 Å². The molecule has 0 bridgehead atoms. The van der Waals surface area contributed by atoms with Crippen LogP contribution in [0.2, 0.25) is 0 Å². The number of piperidine rings is 2. The normalized spacial score (nSPS) is 23.3. The Hall–Kier alpha value is -2.17. The van der Waals surface area contributed by atoms with Gasteiger partial charge in [0.2, 0.25) is 11.8 Å². The molecular weight excluding hydrogens is 280 g/mol. The van der Waals surface area contributed by atoms with Crippen LogP contribution in [0.1, 0.15) is 37.2 Å². The average molecular weight is 300 g/mol. The van der Waals surface area contributed by atoms with Crippen LogP contribution in [-0.2, 0) is 14.4 Å². The summed E-state index contributed by atoms with van der Waals surface area (Å²) < 4.78 is 0. The van der Waals surface area contributed by atoms with Gasteiger partial charge in [-0.15, -0.1) is 0 Å². The Morgan fingerprint density at radius 3 is 2.59 bits per heavy atom. The van der Waals surface area contributed by atoms with Crippen LogP contribution >= 0.6 is 0 Å². The lowest BCUT2D eigenvalue weighted by molar-refractivity contribution is -0.134. The molecule has 2 aliphatic rings. The fourth-order valence-electron chi connectivity index (χ4n) is 3.24. The molecule has 2 amide bonds. The number of carbonyl (C=O) groups is 3. The molecule has 0 radical (unpaired) electrons. The summed E-state index contributed by atoms with van der Waals surface area (Å²) in [6, 6.07) is 7.99. The van der Waals surface area contributed by atoms with Gasteiger partial charge in [0.25, 0.3) is 0 Å². The second-order valence-electron chi connectivity index (χ2n) is 6.06. The van der Waals surface area contributed by atoms with Gasteiger partial charge in [-0.25, -0.2) is 0 Å². The van der Waals surface area contributed by atoms with E-state index in [-0.39, 0.29) is 23.7 Å². The molecule has 116 valence electrons. The molecule has 2 heterocycles. The minimum atomic E-state index is -0.245. The largest absolute Gasteiger partial charge is 0.371 e. The molecule has 1 aromatic carbocycles. The maximum absolute atomic E-state index is 12.0. The summed E-state index contributed by atoms with van der Waals surface area (Å²) in [4.78, 5) is 36.3. The Kier molecular flexibility index (Phi) is 4.22. The van der Waals surface area contributed by atoms with Gasteiger partial charge in [0.05, 0.1) is 5.92 Å². The van der Waals surface area contributed by atoms with Crippen LogP contribution in [-0.4, -0.2) is 31.2 Å². The summed E-state index contributed by atoms with van der Waals surface area (Å²) in [6.07, 6.45) is 3.78. The summed E-state index contributed by atoms with van der Waals surface area (Å²) in [6.45, 7) is 1.73. The fourth-order valence-corrected chi connectivity index (χ4v) is 3.24. The molecule has 1 N–H and O–H groups in total. The van der Waals surface area contributed by atoms with Crippen molar-refractivity contribution in [2.24, 2.45) is 5.92 Å². The Morgan fingerprint density at radius 1 is 1.14 bits per heavy atom. The summed E-state index contributed by atoms with van der Waals surface area (Å²) in [5.41, 5.74) is 2.05. The zero-order valence-corrected chi connectivity index (χ0v) is 12.5. The minimum absolute atomic E-state index is 0.176. The first kappa shape index (κ1) is 14.8. The van der Waals surface area contributed by atoms with E-state index in [1.54, 1.807) is 0 Å². The van der Waals surface area contributed by atoms with Crippen LogP contribution in [0.25, 0.3) is 0 Å². The second kappa shape index (κ2) is 6.30. The van der Waals surface area contributed by atoms with Crippen LogP contribution in [0.4, 0.5) is 5.69 Å². The van der Waals surface area contributed by atoms with Crippen molar-refractivity contribution in [2.45, 2.75) is 31.6 Å². The Balaban J connectivity index is 1.74. The van der Waals surface area contributed by atoms with E-state index in [0.717, 1.165) is 43.5 Å². The highest BCUT2D eigenvalue weighted by Crippen LogP contribution is 2.29. The summed E-state index contributed by atoms with van der Waals surface area (Å²) >= 11 is 0. The van der Waals surface area contributed by atoms with Crippen LogP contribution < -0.4 is 10.2 Å². The molecule has 5 nitrogen and oxygen atoms in total. The first-order valence-corrected chi connectivity index (χ1v) is 7.81. The first-order valence-electron chi connectivity index (χ1n) is 7.81. The van der Waals surface area contributed by atoms with Crippen molar-refractivity contribution in [3.05, 3.63) is 29.8 Å². The third-order valence-corrected chi connectivity index (χ3v) is 4.61. The van der Waals surface area contributed by atoms with Crippen molar-refractivity contribution in [3.63, 3.8) is 0 Å². The number of nitrogens with one attached hydrogen (secondary N) is 1. The molecule has 0 aliphatic carbocycles. The van der Waals surface area contributed by atoms with E-state index in [4.69, 9.17) is 0 Å². The predicted molar refractivity (Wildman–Crippen MR) is 82.6 cm³/mol. The second-order valence-corrected chi connectivity index (χ2v) is 6.06. The van der Waals surface area contributed by atoms with Gasteiger partial charge in [0.1, 0.15) is 6.29 Å². The number of hydrogen-bond acceptors (Lipinski definition) is 4. The van der Waals surface area contributed by atoms with Gasteiger partial charge in [0.15, 0.2) is 0 Å². The summed E-state index contributed by atoms with van der Waals surface area (Å²) in [5.74, 6) is -0.457. The lowest BCUT2D eigenvalue weighted by atomic mass is 9.90. The topological polar surface area (TPSA) is 66.5 Å². The van der Waals surface area contributed by atoms with Gasteiger partial charge in [-0.05, 0) is 37.0 Å². The molecule has 0 spiro atoms. The lowest BCUT2D eigenvalue weighted by Gasteiger charge is -2.32. The molecule has 2 fully saturated rings. The van der Waals surface area contributed by atoms with Crippen molar-refractivity contribution in [1.82, 2.24) is 5.32 Å². The maximum Gasteiger partial charge on any atom is 0.234 e. The molecule has 2 saturated heterocycles. The number of nitrogens with zero attached hydrogens (tertiary/aromatic N) is 1. The molecule has 0 unspecified atom stereocenters. The summed E-state index contributed by atoms with van der Waals surface area (Å²) in [5, 5.41) is 2.41. The van der Waals surface area contributed by atoms with E-state index >= 15 is 0 Å². The molecule has 5 heteroatoms. The monoisotopic (exact) mass is 300 g/mol. The van der Waals surface area contributed by atoms with Crippen molar-refractivity contribution < 1.29 is 14.4 Å². The molecule has 1 aromatic rings. The average Bonchev–Trinajstić information content (AvgIpc) is 2.55. The maximum atomic E-state index is 12.0. The third kappa shape index (κ3) is 3.03. The van der Waals surface area contributed by atoms with Gasteiger partial charge in [-0.3, -0.25) is 14.9 Å². The number of benzene rings is 1. The SMILES string of the molecule is O=CC1CCN(c2cccc([C@@H]3CCC(=O)NC3=O)c2)CC1. The first-order chi connectivity index (χ1) is 10.7. The number of amides is 2. The quantitative estimate of drug-likeness (QED) is 0.680. The number of aldehydes is 1. The van der Waals surface area contributed by atoms with Crippen LogP contribution in [0.15, 0.2) is 24.3 Å². The Morgan fingerprint density at radius 2 is 1.91 bits per heavy atom. The number of rotatable bonds is 3. The molecule has 2 aliphatic heterocycles. The van der Waals surface area contributed by atoms with Crippen molar-refractivity contribution >= 4 is 23.8 Å². The van der Waals surface area contributed by atoms with Gasteiger partial charge < -0.3 is 9.69 Å². The van der Waals surface area contributed by atoms with E-state index < -0.39 is 0 Å². The number of hydrogen-bond donors (Lipinski definition) is 1. The highest BCUT2D eigenvalue weighted by molar-refractivity contribution is 6.01. The lowest BCUT2D eigenvalue weighted by Crippen LogP contribution is -2.39. The molecule has 0 saturated carbocycles. The zero-order chi connectivity index (χ0) is 15.5. The third-order valence-electron chi connectivity index (χ3n) is 4.61. The standard InChI is InChI=1S/C17H20N2O3/c20-11-12-6-8-19(9-7-12)14-3-1-2-13(10-14)15-4-5-16(21)18-17(15)22/h1-3,10-12,15H,4-9H2,(H,18,21,22)/t15-/m0/s1. The predicted octanol–water partition coefficient (Wildman–Crippen LogP) is 1.62. The molecular formula is C17H20N2O3. The fraction of sp³-hybridized carbons (Fsp3) is 0.471. The van der Waals surface area contributed by atoms with Crippen molar-refractivity contribution in [1.29, 1.82) is 0 Å². The van der Waals surface area contributed by atoms with Gasteiger partial charge in [0, 0.05) is 31.1 Å². The van der Waals surface area contributed by atoms with Crippen molar-refractivity contribution in [3.8, 4) is 0 Å². The van der Waals surface area contributed by atoms with Gasteiger partial charge >= 0.3 is 0 Å². The zero-order valence-electron chi connectivity index (χ0n) is 12.5. The van der Waals surface area contributed by atoms with E-state index in [0.29, 0.717) is 12.8 Å². The van der Waals surface area contributed by atoms with Crippen LogP contribution in [0.5, 0.6) is 0 Å². The van der Waals surface area contributed by atoms with Crippen LogP contribution in [0.3, 0.4) is 0 Å². The molecule has 22 heavy (non-hydrogen) atoms. The highest BCUT2D eigenvalue weighted by Gasteiger charge is 2.28. The Labute approximate surface area is 129 Å². The summed E-state index contributed by atoms with van der Waals surface area (Å²) in [7, 11) is 0.